The number of hydrogen-bond donors (Lipinski definition) is 2. The van der Waals surface area contributed by atoms with Crippen LogP contribution in [0.4, 0.5) is 0 Å². The normalized spacial score (nSPS) is 16.7. The highest BCUT2D eigenvalue weighted by molar-refractivity contribution is 6.06. The van der Waals surface area contributed by atoms with E-state index in [2.05, 4.69) is 12.2 Å². The minimum absolute atomic E-state index is 0.115. The van der Waals surface area contributed by atoms with Crippen molar-refractivity contribution in [1.82, 2.24) is 5.32 Å². The van der Waals surface area contributed by atoms with Gasteiger partial charge in [-0.1, -0.05) is 31.9 Å². The van der Waals surface area contributed by atoms with Crippen LogP contribution in [0.15, 0.2) is 12.1 Å². The molecule has 114 valence electrons. The van der Waals surface area contributed by atoms with E-state index < -0.39 is 5.97 Å². The molecule has 1 fully saturated rings. The maximum atomic E-state index is 12.5. The molecule has 0 aliphatic heterocycles. The Morgan fingerprint density at radius 1 is 1.14 bits per heavy atom. The molecule has 1 aliphatic rings. The maximum Gasteiger partial charge on any atom is 0.336 e. The highest BCUT2D eigenvalue weighted by atomic mass is 16.4. The number of aromatic carboxylic acids is 1. The molecule has 1 amide bonds. The summed E-state index contributed by atoms with van der Waals surface area (Å²) in [7, 11) is 0. The number of amides is 1. The van der Waals surface area contributed by atoms with E-state index in [1.54, 1.807) is 26.0 Å². The first-order valence-electron chi connectivity index (χ1n) is 7.46. The molecule has 0 radical (unpaired) electrons. The van der Waals surface area contributed by atoms with E-state index in [4.69, 9.17) is 0 Å². The smallest absolute Gasteiger partial charge is 0.336 e. The lowest BCUT2D eigenvalue weighted by Gasteiger charge is -2.24. The molecule has 21 heavy (non-hydrogen) atoms. The summed E-state index contributed by atoms with van der Waals surface area (Å²) >= 11 is 0. The van der Waals surface area contributed by atoms with Crippen LogP contribution in [-0.4, -0.2) is 23.5 Å². The second-order valence-electron chi connectivity index (χ2n) is 6.45. The van der Waals surface area contributed by atoms with Gasteiger partial charge < -0.3 is 10.4 Å². The van der Waals surface area contributed by atoms with E-state index in [1.807, 2.05) is 0 Å². The molecular weight excluding hydrogens is 266 g/mol. The number of aryl methyl sites for hydroxylation is 2. The second kappa shape index (κ2) is 5.88. The molecule has 1 aromatic rings. The molecule has 2 rings (SSSR count). The number of carbonyl (C=O) groups excluding carboxylic acids is 1. The molecule has 0 spiro atoms. The fraction of sp³-hybridized carbons (Fsp3) is 0.529. The van der Waals surface area contributed by atoms with Gasteiger partial charge in [0.15, 0.2) is 0 Å². The third-order valence-corrected chi connectivity index (χ3v) is 4.55. The van der Waals surface area contributed by atoms with Gasteiger partial charge in [0, 0.05) is 6.54 Å². The van der Waals surface area contributed by atoms with E-state index in [-0.39, 0.29) is 16.9 Å². The second-order valence-corrected chi connectivity index (χ2v) is 6.45. The van der Waals surface area contributed by atoms with Gasteiger partial charge in [0.25, 0.3) is 5.91 Å². The third-order valence-electron chi connectivity index (χ3n) is 4.55. The summed E-state index contributed by atoms with van der Waals surface area (Å²) in [6.07, 6.45) is 4.64. The van der Waals surface area contributed by atoms with Crippen molar-refractivity contribution in [2.75, 3.05) is 6.54 Å². The SMILES string of the molecule is Cc1ccc(C)c(C(=O)NCC2(C)CCCC2)c1C(=O)O. The highest BCUT2D eigenvalue weighted by Crippen LogP contribution is 2.36. The predicted octanol–water partition coefficient (Wildman–Crippen LogP) is 3.31. The van der Waals surface area contributed by atoms with Gasteiger partial charge >= 0.3 is 5.97 Å². The molecule has 1 aromatic carbocycles. The Morgan fingerprint density at radius 2 is 1.67 bits per heavy atom. The first kappa shape index (κ1) is 15.5. The van der Waals surface area contributed by atoms with Crippen molar-refractivity contribution in [2.45, 2.75) is 46.5 Å². The maximum absolute atomic E-state index is 12.5. The van der Waals surface area contributed by atoms with E-state index in [0.29, 0.717) is 23.2 Å². The summed E-state index contributed by atoms with van der Waals surface area (Å²) in [6, 6.07) is 3.54. The molecule has 2 N–H and O–H groups in total. The quantitative estimate of drug-likeness (QED) is 0.893. The molecule has 4 nitrogen and oxygen atoms in total. The van der Waals surface area contributed by atoms with Gasteiger partial charge in [0.1, 0.15) is 0 Å². The first-order chi connectivity index (χ1) is 9.84. The zero-order valence-electron chi connectivity index (χ0n) is 13.0. The zero-order chi connectivity index (χ0) is 15.6. The van der Waals surface area contributed by atoms with Crippen LogP contribution < -0.4 is 5.32 Å². The van der Waals surface area contributed by atoms with Crippen LogP contribution in [0.1, 0.15) is 64.4 Å². The Kier molecular flexibility index (Phi) is 4.35. The Balaban J connectivity index is 2.23. The van der Waals surface area contributed by atoms with Gasteiger partial charge in [-0.3, -0.25) is 4.79 Å². The zero-order valence-corrected chi connectivity index (χ0v) is 13.0. The lowest BCUT2D eigenvalue weighted by Crippen LogP contribution is -2.35. The molecule has 4 heteroatoms. The lowest BCUT2D eigenvalue weighted by atomic mass is 9.88. The summed E-state index contributed by atoms with van der Waals surface area (Å²) in [5.74, 6) is -1.32. The summed E-state index contributed by atoms with van der Waals surface area (Å²) < 4.78 is 0. The van der Waals surface area contributed by atoms with E-state index >= 15 is 0 Å². The van der Waals surface area contributed by atoms with Crippen LogP contribution in [0.5, 0.6) is 0 Å². The standard InChI is InChI=1S/C17H23NO3/c1-11-6-7-12(2)14(16(20)21)13(11)15(19)18-10-17(3)8-4-5-9-17/h6-7H,4-5,8-10H2,1-3H3,(H,18,19)(H,20,21). The van der Waals surface area contributed by atoms with Crippen LogP contribution >= 0.6 is 0 Å². The van der Waals surface area contributed by atoms with Crippen LogP contribution in [0.2, 0.25) is 0 Å². The van der Waals surface area contributed by atoms with Gasteiger partial charge in [-0.05, 0) is 43.2 Å². The highest BCUT2D eigenvalue weighted by Gasteiger charge is 2.30. The number of hydrogen-bond acceptors (Lipinski definition) is 2. The Bertz CT molecular complexity index is 572. The fourth-order valence-electron chi connectivity index (χ4n) is 3.17. The van der Waals surface area contributed by atoms with Crippen LogP contribution in [0, 0.1) is 19.3 Å². The van der Waals surface area contributed by atoms with E-state index in [9.17, 15) is 14.7 Å². The van der Waals surface area contributed by atoms with Crippen molar-refractivity contribution >= 4 is 11.9 Å². The Hall–Kier alpha value is -1.84. The average molecular weight is 289 g/mol. The molecule has 0 atom stereocenters. The van der Waals surface area contributed by atoms with Gasteiger partial charge in [-0.25, -0.2) is 4.79 Å². The molecule has 0 heterocycles. The number of rotatable bonds is 4. The van der Waals surface area contributed by atoms with Crippen LogP contribution in [-0.2, 0) is 0 Å². The summed E-state index contributed by atoms with van der Waals surface area (Å²) in [4.78, 5) is 23.9. The predicted molar refractivity (Wildman–Crippen MR) is 81.8 cm³/mol. The Labute approximate surface area is 125 Å². The number of carbonyl (C=O) groups is 2. The van der Waals surface area contributed by atoms with E-state index in [0.717, 1.165) is 12.8 Å². The van der Waals surface area contributed by atoms with Crippen molar-refractivity contribution in [1.29, 1.82) is 0 Å². The van der Waals surface area contributed by atoms with Crippen LogP contribution in [0.3, 0.4) is 0 Å². The van der Waals surface area contributed by atoms with Gasteiger partial charge in [-0.15, -0.1) is 0 Å². The van der Waals surface area contributed by atoms with E-state index in [1.165, 1.54) is 12.8 Å². The molecular formula is C17H23NO3. The summed E-state index contributed by atoms with van der Waals surface area (Å²) in [5, 5.41) is 12.3. The number of carboxylic acid groups (broad SMARTS) is 1. The number of benzene rings is 1. The summed E-state index contributed by atoms with van der Waals surface area (Å²) in [5.41, 5.74) is 1.88. The third kappa shape index (κ3) is 3.26. The van der Waals surface area contributed by atoms with Crippen LogP contribution in [0.25, 0.3) is 0 Å². The van der Waals surface area contributed by atoms with Crippen molar-refractivity contribution in [3.05, 3.63) is 34.4 Å². The van der Waals surface area contributed by atoms with Gasteiger partial charge in [0.05, 0.1) is 11.1 Å². The summed E-state index contributed by atoms with van der Waals surface area (Å²) in [6.45, 7) is 6.29. The fourth-order valence-corrected chi connectivity index (χ4v) is 3.17. The topological polar surface area (TPSA) is 66.4 Å². The number of carboxylic acids is 1. The van der Waals surface area contributed by atoms with Crippen molar-refractivity contribution < 1.29 is 14.7 Å². The minimum atomic E-state index is -1.05. The number of nitrogens with one attached hydrogen (secondary N) is 1. The molecule has 0 bridgehead atoms. The van der Waals surface area contributed by atoms with Gasteiger partial charge in [0.2, 0.25) is 0 Å². The average Bonchev–Trinajstić information content (AvgIpc) is 2.85. The van der Waals surface area contributed by atoms with Crippen molar-refractivity contribution in [3.8, 4) is 0 Å². The molecule has 0 aromatic heterocycles. The molecule has 1 aliphatic carbocycles. The monoisotopic (exact) mass is 289 g/mol. The van der Waals surface area contributed by atoms with Crippen molar-refractivity contribution in [3.63, 3.8) is 0 Å². The first-order valence-corrected chi connectivity index (χ1v) is 7.46. The minimum Gasteiger partial charge on any atom is -0.478 e. The lowest BCUT2D eigenvalue weighted by molar-refractivity contribution is 0.0689. The van der Waals surface area contributed by atoms with Gasteiger partial charge in [-0.2, -0.15) is 0 Å². The Morgan fingerprint density at radius 3 is 2.19 bits per heavy atom. The molecule has 0 unspecified atom stereocenters. The molecule has 1 saturated carbocycles. The largest absolute Gasteiger partial charge is 0.478 e. The molecule has 0 saturated heterocycles. The van der Waals surface area contributed by atoms with Crippen molar-refractivity contribution in [2.24, 2.45) is 5.41 Å².